The zero-order chi connectivity index (χ0) is 21.6. The van der Waals surface area contributed by atoms with Crippen LogP contribution in [0.1, 0.15) is 84.0 Å². The maximum Gasteiger partial charge on any atom is 0.372 e. The van der Waals surface area contributed by atoms with E-state index in [-0.39, 0.29) is 31.7 Å². The van der Waals surface area contributed by atoms with Crippen molar-refractivity contribution in [2.45, 2.75) is 89.5 Å². The molecule has 7 nitrogen and oxygen atoms in total. The van der Waals surface area contributed by atoms with Crippen molar-refractivity contribution in [3.05, 3.63) is 0 Å². The number of rotatable bonds is 18. The Hall–Kier alpha value is -1.47. The molecule has 164 valence electrons. The van der Waals surface area contributed by atoms with E-state index in [0.717, 1.165) is 19.3 Å². The van der Waals surface area contributed by atoms with Gasteiger partial charge in [-0.05, 0) is 19.4 Å². The van der Waals surface area contributed by atoms with E-state index in [9.17, 15) is 24.6 Å². The summed E-state index contributed by atoms with van der Waals surface area (Å²) in [5, 5.41) is 21.4. The predicted molar refractivity (Wildman–Crippen MR) is 107 cm³/mol. The lowest BCUT2D eigenvalue weighted by atomic mass is 9.88. The molecule has 0 aliphatic carbocycles. The lowest BCUT2D eigenvalue weighted by Gasteiger charge is -2.45. The first kappa shape index (κ1) is 26.5. The number of Topliss-reactive ketones (excluding diaryl/α,β-unsaturated/α-hetero) is 1. The van der Waals surface area contributed by atoms with Crippen LogP contribution in [-0.2, 0) is 14.4 Å². The van der Waals surface area contributed by atoms with Crippen molar-refractivity contribution in [3.63, 3.8) is 0 Å². The number of hydrogen-bond donors (Lipinski definition) is 2. The summed E-state index contributed by atoms with van der Waals surface area (Å²) >= 11 is 0. The molecule has 3 N–H and O–H groups in total. The molecule has 0 saturated heterocycles. The van der Waals surface area contributed by atoms with Gasteiger partial charge in [-0.25, -0.2) is 4.79 Å². The topological polar surface area (TPSA) is 121 Å². The quantitative estimate of drug-likeness (QED) is 0.206. The number of quaternary nitrogens is 1. The van der Waals surface area contributed by atoms with Crippen LogP contribution < -0.4 is 10.8 Å². The molecule has 28 heavy (non-hydrogen) atoms. The van der Waals surface area contributed by atoms with Gasteiger partial charge in [0.2, 0.25) is 5.54 Å². The van der Waals surface area contributed by atoms with Gasteiger partial charge in [-0.15, -0.1) is 0 Å². The van der Waals surface area contributed by atoms with Crippen LogP contribution in [0.5, 0.6) is 0 Å². The summed E-state index contributed by atoms with van der Waals surface area (Å²) in [6.45, 7) is 2.22. The number of hydrogen-bond acceptors (Lipinski definition) is 5. The van der Waals surface area contributed by atoms with Gasteiger partial charge < -0.3 is 25.2 Å². The highest BCUT2D eigenvalue weighted by Crippen LogP contribution is 2.27. The molecule has 0 amide bonds. The summed E-state index contributed by atoms with van der Waals surface area (Å²) in [6.07, 6.45) is 10.7. The molecule has 0 saturated carbocycles. The van der Waals surface area contributed by atoms with Gasteiger partial charge in [0.15, 0.2) is 5.78 Å². The molecule has 0 rings (SSSR count). The largest absolute Gasteiger partial charge is 0.543 e. The van der Waals surface area contributed by atoms with Gasteiger partial charge in [0.1, 0.15) is 12.5 Å². The Balaban J connectivity index is 4.53. The highest BCUT2D eigenvalue weighted by Gasteiger charge is 2.54. The summed E-state index contributed by atoms with van der Waals surface area (Å²) in [4.78, 5) is 36.0. The van der Waals surface area contributed by atoms with E-state index < -0.39 is 22.0 Å². The SMILES string of the molecule is CCCCCCCCCCCC(=O)C[N+](C)(C)C(CCCN)(C(=O)[O-])C(=O)O. The van der Waals surface area contributed by atoms with Crippen LogP contribution in [0.25, 0.3) is 0 Å². The Bertz CT molecular complexity index is 477. The zero-order valence-electron chi connectivity index (χ0n) is 18.0. The molecule has 0 bridgehead atoms. The van der Waals surface area contributed by atoms with Gasteiger partial charge in [-0.1, -0.05) is 58.3 Å². The Morgan fingerprint density at radius 2 is 1.43 bits per heavy atom. The van der Waals surface area contributed by atoms with E-state index in [1.54, 1.807) is 0 Å². The number of likely N-dealkylation sites (N-methyl/N-ethyl adjacent to an activating group) is 1. The molecular weight excluding hydrogens is 360 g/mol. The number of carboxylic acid groups (broad SMARTS) is 2. The third-order valence-corrected chi connectivity index (χ3v) is 5.60. The first-order valence-corrected chi connectivity index (χ1v) is 10.7. The average Bonchev–Trinajstić information content (AvgIpc) is 2.59. The van der Waals surface area contributed by atoms with Crippen molar-refractivity contribution < 1.29 is 29.1 Å². The van der Waals surface area contributed by atoms with E-state index in [4.69, 9.17) is 5.73 Å². The molecule has 0 aromatic heterocycles. The lowest BCUT2D eigenvalue weighted by molar-refractivity contribution is -0.918. The normalized spacial score (nSPS) is 13.9. The molecule has 0 aliphatic heterocycles. The van der Waals surface area contributed by atoms with Crippen LogP contribution >= 0.6 is 0 Å². The van der Waals surface area contributed by atoms with Crippen LogP contribution in [0, 0.1) is 0 Å². The fourth-order valence-electron chi connectivity index (χ4n) is 3.75. The predicted octanol–water partition coefficient (Wildman–Crippen LogP) is 1.87. The Kier molecular flexibility index (Phi) is 12.9. The summed E-state index contributed by atoms with van der Waals surface area (Å²) < 4.78 is -0.471. The molecule has 1 atom stereocenters. The minimum Gasteiger partial charge on any atom is -0.543 e. The highest BCUT2D eigenvalue weighted by atomic mass is 16.4. The lowest BCUT2D eigenvalue weighted by Crippen LogP contribution is -2.72. The van der Waals surface area contributed by atoms with Gasteiger partial charge in [0.25, 0.3) is 0 Å². The standard InChI is InChI=1S/C21H40N2O5/c1-4-5-6-7-8-9-10-11-12-14-18(24)17-23(2,3)21(19(25)26,20(27)28)15-13-16-22/h4-17,22H2,1-3H3,(H-,25,26,27,28). The van der Waals surface area contributed by atoms with E-state index in [1.165, 1.54) is 52.6 Å². The van der Waals surface area contributed by atoms with Crippen LogP contribution in [-0.4, -0.2) is 60.0 Å². The highest BCUT2D eigenvalue weighted by molar-refractivity contribution is 6.01. The second-order valence-corrected chi connectivity index (χ2v) is 8.31. The van der Waals surface area contributed by atoms with Gasteiger partial charge in [0, 0.05) is 12.8 Å². The number of carbonyl (C=O) groups is 3. The third-order valence-electron chi connectivity index (χ3n) is 5.60. The van der Waals surface area contributed by atoms with Crippen LogP contribution in [0.15, 0.2) is 0 Å². The number of ketones is 1. The molecule has 0 heterocycles. The molecule has 0 aromatic rings. The third kappa shape index (κ3) is 8.27. The minimum atomic E-state index is -2.17. The second-order valence-electron chi connectivity index (χ2n) is 8.31. The van der Waals surface area contributed by atoms with E-state index in [1.807, 2.05) is 0 Å². The average molecular weight is 401 g/mol. The molecule has 0 spiro atoms. The fourth-order valence-corrected chi connectivity index (χ4v) is 3.75. The van der Waals surface area contributed by atoms with Crippen LogP contribution in [0.4, 0.5) is 0 Å². The monoisotopic (exact) mass is 400 g/mol. The fraction of sp³-hybridized carbons (Fsp3) is 0.857. The molecule has 7 heteroatoms. The van der Waals surface area contributed by atoms with Crippen molar-refractivity contribution in [3.8, 4) is 0 Å². The zero-order valence-corrected chi connectivity index (χ0v) is 18.0. The molecule has 0 fully saturated rings. The van der Waals surface area contributed by atoms with Crippen molar-refractivity contribution in [2.75, 3.05) is 27.2 Å². The van der Waals surface area contributed by atoms with Crippen LogP contribution in [0.2, 0.25) is 0 Å². The summed E-state index contributed by atoms with van der Waals surface area (Å²) in [5.41, 5.74) is 3.27. The number of nitrogens with zero attached hydrogens (tertiary/aromatic N) is 1. The van der Waals surface area contributed by atoms with Gasteiger partial charge in [0.05, 0.1) is 14.1 Å². The summed E-state index contributed by atoms with van der Waals surface area (Å²) in [6, 6.07) is 0. The number of carbonyl (C=O) groups excluding carboxylic acids is 2. The molecule has 1 unspecified atom stereocenters. The van der Waals surface area contributed by atoms with Crippen molar-refractivity contribution >= 4 is 17.7 Å². The molecule has 0 aliphatic rings. The van der Waals surface area contributed by atoms with Crippen molar-refractivity contribution in [1.29, 1.82) is 0 Å². The maximum atomic E-state index is 12.4. The second kappa shape index (κ2) is 13.7. The number of carboxylic acids is 2. The Morgan fingerprint density at radius 3 is 1.86 bits per heavy atom. The summed E-state index contributed by atoms with van der Waals surface area (Å²) in [5.74, 6) is -3.27. The number of unbranched alkanes of at least 4 members (excludes halogenated alkanes) is 8. The number of aliphatic carboxylic acids is 2. The Morgan fingerprint density at radius 1 is 0.929 bits per heavy atom. The smallest absolute Gasteiger partial charge is 0.372 e. The maximum absolute atomic E-state index is 12.4. The van der Waals surface area contributed by atoms with Gasteiger partial charge in [-0.2, -0.15) is 0 Å². The molecular formula is C21H40N2O5. The van der Waals surface area contributed by atoms with E-state index in [0.29, 0.717) is 6.42 Å². The molecule has 0 radical (unpaired) electrons. The first-order chi connectivity index (χ1) is 13.2. The van der Waals surface area contributed by atoms with Gasteiger partial charge >= 0.3 is 5.97 Å². The minimum absolute atomic E-state index is 0.118. The van der Waals surface area contributed by atoms with Crippen LogP contribution in [0.3, 0.4) is 0 Å². The Labute approximate surface area is 169 Å². The van der Waals surface area contributed by atoms with E-state index in [2.05, 4.69) is 6.92 Å². The van der Waals surface area contributed by atoms with Gasteiger partial charge in [-0.3, -0.25) is 4.79 Å². The number of nitrogens with two attached hydrogens (primary N) is 1. The van der Waals surface area contributed by atoms with Crippen molar-refractivity contribution in [2.24, 2.45) is 5.73 Å². The van der Waals surface area contributed by atoms with E-state index >= 15 is 0 Å². The summed E-state index contributed by atoms with van der Waals surface area (Å²) in [7, 11) is 2.93. The molecule has 0 aromatic carbocycles. The first-order valence-electron chi connectivity index (χ1n) is 10.7. The van der Waals surface area contributed by atoms with Crippen molar-refractivity contribution in [1.82, 2.24) is 0 Å².